The first-order valence-corrected chi connectivity index (χ1v) is 18.8. The van der Waals surface area contributed by atoms with Crippen LogP contribution in [0.4, 0.5) is 9.52 Å². The number of thioether (sulfide) groups is 2. The van der Waals surface area contributed by atoms with E-state index in [2.05, 4.69) is 36.2 Å². The molecule has 1 aromatic carbocycles. The third-order valence-corrected chi connectivity index (χ3v) is 12.3. The maximum atomic E-state index is 15.8. The largest absolute Gasteiger partial charge is 0.477 e. The summed E-state index contributed by atoms with van der Waals surface area (Å²) in [7, 11) is 2.01. The molecular formula is C33H34FN8O5S3+. The number of nitrogen functional groups attached to an aromatic ring is 1. The van der Waals surface area contributed by atoms with E-state index in [1.807, 2.05) is 25.4 Å². The molecule has 3 aromatic rings. The number of carbonyl (C=O) groups is 3. The van der Waals surface area contributed by atoms with Crippen molar-refractivity contribution in [2.24, 2.45) is 5.16 Å². The number of carbonyl (C=O) groups excluding carboxylic acids is 2. The number of oxime groups is 1. The second-order valence-corrected chi connectivity index (χ2v) is 15.3. The Kier molecular flexibility index (Phi) is 9.72. The predicted molar refractivity (Wildman–Crippen MR) is 189 cm³/mol. The van der Waals surface area contributed by atoms with E-state index >= 15 is 4.39 Å². The maximum Gasteiger partial charge on any atom is 0.352 e. The number of hydrogen-bond acceptors (Lipinski definition) is 12. The molecule has 13 nitrogen and oxygen atoms in total. The smallest absolute Gasteiger partial charge is 0.352 e. The first-order chi connectivity index (χ1) is 24.2. The third-order valence-electron chi connectivity index (χ3n) is 9.08. The fraction of sp³-hybridized carbons (Fsp3) is 0.394. The Bertz CT molecular complexity index is 1990. The lowest BCUT2D eigenvalue weighted by atomic mass is 10.0. The second kappa shape index (κ2) is 14.2. The van der Waals surface area contributed by atoms with E-state index in [9.17, 15) is 19.5 Å². The van der Waals surface area contributed by atoms with Gasteiger partial charge in [0.05, 0.1) is 11.4 Å². The molecule has 0 spiro atoms. The van der Waals surface area contributed by atoms with Crippen molar-refractivity contribution < 1.29 is 33.3 Å². The molecular weight excluding hydrogens is 704 g/mol. The summed E-state index contributed by atoms with van der Waals surface area (Å²) in [6.07, 6.45) is 9.38. The van der Waals surface area contributed by atoms with Crippen molar-refractivity contribution in [1.82, 2.24) is 25.4 Å². The number of fused-ring (bicyclic) bond motifs is 2. The molecule has 5 N–H and O–H groups in total. The van der Waals surface area contributed by atoms with Gasteiger partial charge in [0, 0.05) is 72.0 Å². The van der Waals surface area contributed by atoms with Crippen molar-refractivity contribution in [2.45, 2.75) is 41.2 Å². The SMILES string of the molecule is C#CCO/N=C(\C(=O)NC1C(=O)N2C(C(=O)O)=C(CSc3cc[n+](C4CC4)c4cc(C5CNCCN5C)c(F)cc34)CS[C@H]12)c1csc(N)n1. The van der Waals surface area contributed by atoms with Gasteiger partial charge in [0.1, 0.15) is 28.6 Å². The summed E-state index contributed by atoms with van der Waals surface area (Å²) in [5.74, 6) is 0.0230. The van der Waals surface area contributed by atoms with Crippen LogP contribution in [0.25, 0.3) is 10.9 Å². The number of aliphatic carboxylic acids is 1. The number of β-lactam (4-membered cyclic amide) rings is 1. The lowest BCUT2D eigenvalue weighted by Gasteiger charge is -2.49. The normalized spacial score (nSPS) is 22.6. The molecule has 5 heterocycles. The zero-order chi connectivity index (χ0) is 35.1. The quantitative estimate of drug-likeness (QED) is 0.0433. The van der Waals surface area contributed by atoms with Gasteiger partial charge in [-0.05, 0) is 18.7 Å². The maximum absolute atomic E-state index is 15.8. The number of terminal acetylenes is 1. The number of anilines is 1. The average molecular weight is 738 g/mol. The highest BCUT2D eigenvalue weighted by Crippen LogP contribution is 2.43. The summed E-state index contributed by atoms with van der Waals surface area (Å²) < 4.78 is 18.0. The molecule has 3 aliphatic heterocycles. The van der Waals surface area contributed by atoms with Gasteiger partial charge in [0.2, 0.25) is 5.52 Å². The van der Waals surface area contributed by atoms with Crippen LogP contribution in [0.5, 0.6) is 0 Å². The van der Waals surface area contributed by atoms with E-state index in [4.69, 9.17) is 17.0 Å². The lowest BCUT2D eigenvalue weighted by Crippen LogP contribution is -2.71. The van der Waals surface area contributed by atoms with Gasteiger partial charge in [0.15, 0.2) is 29.7 Å². The van der Waals surface area contributed by atoms with Crippen LogP contribution in [0.15, 0.2) is 51.1 Å². The number of thiazole rings is 1. The molecule has 2 saturated heterocycles. The molecule has 4 aliphatic rings. The van der Waals surface area contributed by atoms with Crippen molar-refractivity contribution in [3.05, 3.63) is 58.1 Å². The molecule has 0 radical (unpaired) electrons. The number of nitrogens with zero attached hydrogens (tertiary/aromatic N) is 5. The van der Waals surface area contributed by atoms with E-state index in [0.717, 1.165) is 53.1 Å². The van der Waals surface area contributed by atoms with E-state index in [1.54, 1.807) is 6.07 Å². The molecule has 0 bridgehead atoms. The third kappa shape index (κ3) is 6.53. The number of carboxylic acids is 1. The standard InChI is InChI=1S/C33H33FN8O5S3/c1-3-10-47-39-26(22-16-50-33(35)37-22)29(43)38-27-30(44)42-28(32(45)46)17(15-49-31(27)42)14-48-25-6-8-41(18-4-5-18)23-12-19(21(34)11-20(23)25)24-13-36-7-9-40(24)2/h1,6,8,11-12,16,18,24,27,31,36H,4-5,7,9-10,13-15H2,2H3,(H3-,35,37,38,43,45,46)/p+1/b39-26-/t24?,27?,31-/m1/s1. The Labute approximate surface area is 299 Å². The zero-order valence-electron chi connectivity index (χ0n) is 26.9. The number of nitrogens with two attached hydrogens (primary N) is 1. The van der Waals surface area contributed by atoms with Gasteiger partial charge >= 0.3 is 5.97 Å². The predicted octanol–water partition coefficient (Wildman–Crippen LogP) is 2.10. The number of amides is 2. The Morgan fingerprint density at radius 2 is 2.20 bits per heavy atom. The number of likely N-dealkylation sites (N-methyl/N-ethyl adjacent to an activating group) is 1. The number of nitrogens with one attached hydrogen (secondary N) is 2. The van der Waals surface area contributed by atoms with Gasteiger partial charge in [-0.15, -0.1) is 41.3 Å². The molecule has 1 aliphatic carbocycles. The van der Waals surface area contributed by atoms with E-state index in [-0.39, 0.29) is 46.5 Å². The van der Waals surface area contributed by atoms with Gasteiger partial charge in [-0.1, -0.05) is 11.1 Å². The van der Waals surface area contributed by atoms with Crippen LogP contribution in [0.3, 0.4) is 0 Å². The van der Waals surface area contributed by atoms with Crippen molar-refractivity contribution in [2.75, 3.05) is 50.5 Å². The summed E-state index contributed by atoms with van der Waals surface area (Å²) in [5, 5.41) is 22.0. The Morgan fingerprint density at radius 1 is 1.38 bits per heavy atom. The molecule has 3 fully saturated rings. The van der Waals surface area contributed by atoms with E-state index in [0.29, 0.717) is 29.5 Å². The highest BCUT2D eigenvalue weighted by molar-refractivity contribution is 8.01. The van der Waals surface area contributed by atoms with E-state index < -0.39 is 29.2 Å². The molecule has 1 saturated carbocycles. The fourth-order valence-corrected chi connectivity index (χ4v) is 9.48. The van der Waals surface area contributed by atoms with Crippen molar-refractivity contribution in [3.8, 4) is 12.3 Å². The average Bonchev–Trinajstić information content (AvgIpc) is 3.86. The number of hydrogen-bond donors (Lipinski definition) is 4. The molecule has 17 heteroatoms. The van der Waals surface area contributed by atoms with Crippen LogP contribution in [-0.4, -0.2) is 99.6 Å². The number of rotatable bonds is 11. The van der Waals surface area contributed by atoms with Crippen molar-refractivity contribution in [3.63, 3.8) is 0 Å². The van der Waals surface area contributed by atoms with Crippen molar-refractivity contribution >= 4 is 74.4 Å². The molecule has 2 aromatic heterocycles. The number of halogens is 1. The monoisotopic (exact) mass is 737 g/mol. The summed E-state index contributed by atoms with van der Waals surface area (Å²) >= 11 is 3.87. The highest BCUT2D eigenvalue weighted by Gasteiger charge is 2.54. The minimum atomic E-state index is -1.24. The minimum absolute atomic E-state index is 0.0814. The summed E-state index contributed by atoms with van der Waals surface area (Å²) in [4.78, 5) is 52.5. The van der Waals surface area contributed by atoms with Gasteiger partial charge in [-0.25, -0.2) is 14.2 Å². The number of pyridine rings is 1. The highest BCUT2D eigenvalue weighted by atomic mass is 32.2. The lowest BCUT2D eigenvalue weighted by molar-refractivity contribution is -0.675. The van der Waals surface area contributed by atoms with Crippen LogP contribution in [0.1, 0.15) is 36.2 Å². The molecule has 2 amide bonds. The first-order valence-electron chi connectivity index (χ1n) is 15.9. The Morgan fingerprint density at radius 3 is 2.90 bits per heavy atom. The molecule has 3 atom stereocenters. The van der Waals surface area contributed by atoms with Gasteiger partial charge in [-0.2, -0.15) is 4.57 Å². The van der Waals surface area contributed by atoms with E-state index in [1.165, 1.54) is 33.8 Å². The number of piperazine rings is 1. The number of carboxylic acid groups (broad SMARTS) is 1. The number of benzene rings is 1. The Balaban J connectivity index is 1.11. The van der Waals surface area contributed by atoms with Crippen LogP contribution in [0.2, 0.25) is 0 Å². The van der Waals surface area contributed by atoms with Crippen LogP contribution in [-0.2, 0) is 19.2 Å². The van der Waals surface area contributed by atoms with Gasteiger partial charge in [-0.3, -0.25) is 19.4 Å². The van der Waals surface area contributed by atoms with Gasteiger partial charge < -0.3 is 26.3 Å². The van der Waals surface area contributed by atoms with Crippen molar-refractivity contribution in [1.29, 1.82) is 0 Å². The van der Waals surface area contributed by atoms with Gasteiger partial charge in [0.25, 0.3) is 11.8 Å². The van der Waals surface area contributed by atoms with Crippen LogP contribution < -0.4 is 20.9 Å². The minimum Gasteiger partial charge on any atom is -0.477 e. The molecule has 260 valence electrons. The topological polar surface area (TPSA) is 166 Å². The molecule has 2 unspecified atom stereocenters. The fourth-order valence-electron chi connectivity index (χ4n) is 6.42. The molecule has 50 heavy (non-hydrogen) atoms. The first kappa shape index (κ1) is 34.2. The van der Waals surface area contributed by atoms with Crippen LogP contribution >= 0.6 is 34.9 Å². The summed E-state index contributed by atoms with van der Waals surface area (Å²) in [6, 6.07) is 4.82. The summed E-state index contributed by atoms with van der Waals surface area (Å²) in [6.45, 7) is 2.16. The van der Waals surface area contributed by atoms with Crippen LogP contribution in [0, 0.1) is 18.2 Å². The summed E-state index contributed by atoms with van der Waals surface area (Å²) in [5.41, 5.74) is 7.72. The number of aromatic nitrogens is 2. The second-order valence-electron chi connectivity index (χ2n) is 12.3. The zero-order valence-corrected chi connectivity index (χ0v) is 29.4. The molecule has 7 rings (SSSR count). The Hall–Kier alpha value is -4.21.